The van der Waals surface area contributed by atoms with Gasteiger partial charge in [-0.1, -0.05) is 6.07 Å². The SMILES string of the molecule is Cc1ccc(S(=O)(=O)NC2CC2)cc1C(=O)N1CCCN(S(=O)(=O)c2ccc(F)cc2)CC1. The van der Waals surface area contributed by atoms with Crippen LogP contribution >= 0.6 is 0 Å². The molecular weight excluding hydrogens is 469 g/mol. The van der Waals surface area contributed by atoms with Crippen molar-refractivity contribution in [1.29, 1.82) is 0 Å². The van der Waals surface area contributed by atoms with E-state index in [1.807, 2.05) is 0 Å². The minimum Gasteiger partial charge on any atom is -0.337 e. The van der Waals surface area contributed by atoms with E-state index in [-0.39, 0.29) is 46.9 Å². The summed E-state index contributed by atoms with van der Waals surface area (Å²) in [4.78, 5) is 14.8. The normalized spacial score (nSPS) is 18.2. The van der Waals surface area contributed by atoms with Gasteiger partial charge in [0.05, 0.1) is 9.79 Å². The zero-order valence-corrected chi connectivity index (χ0v) is 19.8. The van der Waals surface area contributed by atoms with Gasteiger partial charge in [0.25, 0.3) is 5.91 Å². The maximum atomic E-state index is 13.3. The van der Waals surface area contributed by atoms with Crippen LogP contribution in [-0.4, -0.2) is 64.2 Å². The van der Waals surface area contributed by atoms with E-state index >= 15 is 0 Å². The van der Waals surface area contributed by atoms with Gasteiger partial charge in [-0.3, -0.25) is 4.79 Å². The lowest BCUT2D eigenvalue weighted by Crippen LogP contribution is -2.37. The van der Waals surface area contributed by atoms with Crippen LogP contribution in [0.15, 0.2) is 52.3 Å². The number of rotatable bonds is 6. The molecule has 8 nitrogen and oxygen atoms in total. The second kappa shape index (κ2) is 9.13. The first kappa shape index (κ1) is 23.8. The summed E-state index contributed by atoms with van der Waals surface area (Å²) < 4.78 is 68.1. The molecular formula is C22H26FN3O5S2. The Bertz CT molecular complexity index is 1260. The molecule has 0 radical (unpaired) electrons. The van der Waals surface area contributed by atoms with Crippen molar-refractivity contribution < 1.29 is 26.0 Å². The number of hydrogen-bond acceptors (Lipinski definition) is 5. The number of carbonyl (C=O) groups is 1. The summed E-state index contributed by atoms with van der Waals surface area (Å²) in [7, 11) is -7.52. The van der Waals surface area contributed by atoms with E-state index in [1.165, 1.54) is 28.6 Å². The molecule has 1 aliphatic carbocycles. The van der Waals surface area contributed by atoms with E-state index in [4.69, 9.17) is 0 Å². The molecule has 178 valence electrons. The summed E-state index contributed by atoms with van der Waals surface area (Å²) in [5.41, 5.74) is 0.925. The Morgan fingerprint density at radius 3 is 2.27 bits per heavy atom. The highest BCUT2D eigenvalue weighted by atomic mass is 32.2. The number of hydrogen-bond donors (Lipinski definition) is 1. The van der Waals surface area contributed by atoms with Crippen LogP contribution in [0.2, 0.25) is 0 Å². The molecule has 2 aromatic carbocycles. The zero-order valence-electron chi connectivity index (χ0n) is 18.2. The van der Waals surface area contributed by atoms with Gasteiger partial charge in [-0.25, -0.2) is 25.9 Å². The monoisotopic (exact) mass is 495 g/mol. The van der Waals surface area contributed by atoms with E-state index < -0.39 is 25.9 Å². The van der Waals surface area contributed by atoms with Crippen molar-refractivity contribution in [3.8, 4) is 0 Å². The summed E-state index contributed by atoms with van der Waals surface area (Å²) in [6.45, 7) is 2.55. The third-order valence-corrected chi connectivity index (χ3v) is 9.27. The summed E-state index contributed by atoms with van der Waals surface area (Å²) >= 11 is 0. The topological polar surface area (TPSA) is 104 Å². The lowest BCUT2D eigenvalue weighted by atomic mass is 10.1. The smallest absolute Gasteiger partial charge is 0.254 e. The number of benzene rings is 2. The largest absolute Gasteiger partial charge is 0.337 e. The number of nitrogens with zero attached hydrogens (tertiary/aromatic N) is 2. The van der Waals surface area contributed by atoms with Crippen molar-refractivity contribution in [1.82, 2.24) is 13.9 Å². The van der Waals surface area contributed by atoms with E-state index in [0.29, 0.717) is 18.5 Å². The van der Waals surface area contributed by atoms with Crippen LogP contribution in [0.1, 0.15) is 35.2 Å². The highest BCUT2D eigenvalue weighted by molar-refractivity contribution is 7.89. The fraction of sp³-hybridized carbons (Fsp3) is 0.409. The predicted molar refractivity (Wildman–Crippen MR) is 120 cm³/mol. The Balaban J connectivity index is 1.51. The molecule has 1 heterocycles. The van der Waals surface area contributed by atoms with Gasteiger partial charge in [0.1, 0.15) is 5.82 Å². The third-order valence-electron chi connectivity index (χ3n) is 5.84. The van der Waals surface area contributed by atoms with Gasteiger partial charge < -0.3 is 4.90 Å². The lowest BCUT2D eigenvalue weighted by Gasteiger charge is -2.23. The Labute approximate surface area is 193 Å². The highest BCUT2D eigenvalue weighted by Crippen LogP contribution is 2.24. The van der Waals surface area contributed by atoms with Crippen LogP contribution in [0.3, 0.4) is 0 Å². The van der Waals surface area contributed by atoms with Crippen LogP contribution in [0.4, 0.5) is 4.39 Å². The molecule has 4 rings (SSSR count). The average Bonchev–Trinajstić information content (AvgIpc) is 3.60. The Hall–Kier alpha value is -2.34. The molecule has 0 spiro atoms. The van der Waals surface area contributed by atoms with Gasteiger partial charge >= 0.3 is 0 Å². The van der Waals surface area contributed by atoms with Crippen LogP contribution in [0.25, 0.3) is 0 Å². The minimum absolute atomic E-state index is 0.000548. The van der Waals surface area contributed by atoms with Gasteiger partial charge in [0.2, 0.25) is 20.0 Å². The molecule has 1 aliphatic heterocycles. The van der Waals surface area contributed by atoms with Crippen LogP contribution < -0.4 is 4.72 Å². The van der Waals surface area contributed by atoms with E-state index in [9.17, 15) is 26.0 Å². The second-order valence-corrected chi connectivity index (χ2v) is 12.0. The predicted octanol–water partition coefficient (Wildman–Crippen LogP) is 2.11. The molecule has 11 heteroatoms. The first-order valence-corrected chi connectivity index (χ1v) is 13.7. The second-order valence-electron chi connectivity index (χ2n) is 8.38. The number of amides is 1. The maximum absolute atomic E-state index is 13.3. The van der Waals surface area contributed by atoms with Gasteiger partial charge in [0.15, 0.2) is 0 Å². The van der Waals surface area contributed by atoms with Crippen molar-refractivity contribution in [2.45, 2.75) is 42.0 Å². The molecule has 0 bridgehead atoms. The highest BCUT2D eigenvalue weighted by Gasteiger charge is 2.31. The number of halogens is 1. The van der Waals surface area contributed by atoms with Gasteiger partial charge in [-0.15, -0.1) is 0 Å². The van der Waals surface area contributed by atoms with Gasteiger partial charge in [0, 0.05) is 37.8 Å². The molecule has 1 amide bonds. The molecule has 33 heavy (non-hydrogen) atoms. The summed E-state index contributed by atoms with van der Waals surface area (Å²) in [5.74, 6) is -0.856. The minimum atomic E-state index is -3.81. The Morgan fingerprint density at radius 2 is 1.61 bits per heavy atom. The fourth-order valence-electron chi connectivity index (χ4n) is 3.75. The Kier molecular flexibility index (Phi) is 6.59. The van der Waals surface area contributed by atoms with Crippen LogP contribution in [0, 0.1) is 12.7 Å². The van der Waals surface area contributed by atoms with Crippen molar-refractivity contribution in [2.24, 2.45) is 0 Å². The van der Waals surface area contributed by atoms with E-state index in [0.717, 1.165) is 25.0 Å². The Morgan fingerprint density at radius 1 is 0.939 bits per heavy atom. The fourth-order valence-corrected chi connectivity index (χ4v) is 6.55. The van der Waals surface area contributed by atoms with E-state index in [1.54, 1.807) is 17.9 Å². The molecule has 0 atom stereocenters. The number of nitrogens with one attached hydrogen (secondary N) is 1. The summed E-state index contributed by atoms with van der Waals surface area (Å²) in [6, 6.07) is 9.08. The number of sulfonamides is 2. The molecule has 1 saturated heterocycles. The molecule has 2 fully saturated rings. The summed E-state index contributed by atoms with van der Waals surface area (Å²) in [5, 5.41) is 0. The van der Waals surface area contributed by atoms with Crippen molar-refractivity contribution in [2.75, 3.05) is 26.2 Å². The maximum Gasteiger partial charge on any atom is 0.254 e. The number of aryl methyl sites for hydroxylation is 1. The molecule has 0 aromatic heterocycles. The molecule has 1 N–H and O–H groups in total. The van der Waals surface area contributed by atoms with Gasteiger partial charge in [-0.2, -0.15) is 4.31 Å². The third kappa shape index (κ3) is 5.26. The van der Waals surface area contributed by atoms with Crippen molar-refractivity contribution >= 4 is 26.0 Å². The summed E-state index contributed by atoms with van der Waals surface area (Å²) in [6.07, 6.45) is 2.04. The zero-order chi connectivity index (χ0) is 23.8. The average molecular weight is 496 g/mol. The van der Waals surface area contributed by atoms with Crippen molar-refractivity contribution in [3.63, 3.8) is 0 Å². The van der Waals surface area contributed by atoms with Crippen molar-refractivity contribution in [3.05, 3.63) is 59.4 Å². The lowest BCUT2D eigenvalue weighted by molar-refractivity contribution is 0.0763. The van der Waals surface area contributed by atoms with Gasteiger partial charge in [-0.05, 0) is 68.1 Å². The number of carbonyl (C=O) groups excluding carboxylic acids is 1. The first-order chi connectivity index (χ1) is 15.6. The standard InChI is InChI=1S/C22H26FN3O5S2/c1-16-3-8-20(32(28,29)24-18-6-7-18)15-21(16)22(27)25-11-2-12-26(14-13-25)33(30,31)19-9-4-17(23)5-10-19/h3-5,8-10,15,18,24H,2,6-7,11-14H2,1H3. The molecule has 1 saturated carbocycles. The molecule has 2 aromatic rings. The quantitative estimate of drug-likeness (QED) is 0.661. The van der Waals surface area contributed by atoms with Crippen LogP contribution in [0.5, 0.6) is 0 Å². The van der Waals surface area contributed by atoms with E-state index in [2.05, 4.69) is 4.72 Å². The van der Waals surface area contributed by atoms with Crippen LogP contribution in [-0.2, 0) is 20.0 Å². The molecule has 2 aliphatic rings. The first-order valence-electron chi connectivity index (χ1n) is 10.8. The molecule has 0 unspecified atom stereocenters.